The Morgan fingerprint density at radius 3 is 2.87 bits per heavy atom. The second kappa shape index (κ2) is 9.60. The van der Waals surface area contributed by atoms with Crippen LogP contribution in [-0.4, -0.2) is 56.2 Å². The highest BCUT2D eigenvalue weighted by Crippen LogP contribution is 2.41. The van der Waals surface area contributed by atoms with Crippen molar-refractivity contribution in [1.82, 2.24) is 9.88 Å². The van der Waals surface area contributed by atoms with E-state index >= 15 is 0 Å². The molecule has 1 aliphatic rings. The van der Waals surface area contributed by atoms with E-state index in [-0.39, 0.29) is 5.97 Å². The van der Waals surface area contributed by atoms with E-state index in [9.17, 15) is 4.79 Å². The van der Waals surface area contributed by atoms with Crippen LogP contribution in [0.3, 0.4) is 0 Å². The number of nitrogens with one attached hydrogen (secondary N) is 1. The van der Waals surface area contributed by atoms with Crippen molar-refractivity contribution in [2.24, 2.45) is 5.73 Å². The zero-order valence-corrected chi connectivity index (χ0v) is 18.8. The Hall–Kier alpha value is -2.74. The number of ether oxygens (including phenoxy) is 1. The summed E-state index contributed by atoms with van der Waals surface area (Å²) in [6.45, 7) is 3.19. The Balaban J connectivity index is 1.65. The van der Waals surface area contributed by atoms with E-state index in [2.05, 4.69) is 40.2 Å². The fourth-order valence-corrected chi connectivity index (χ4v) is 4.72. The molecule has 0 spiro atoms. The minimum Gasteiger partial charge on any atom is -0.465 e. The first kappa shape index (κ1) is 21.5. The predicted molar refractivity (Wildman–Crippen MR) is 126 cm³/mol. The van der Waals surface area contributed by atoms with E-state index in [1.54, 1.807) is 11.3 Å². The predicted octanol–water partition coefficient (Wildman–Crippen LogP) is 3.39. The Labute approximate surface area is 187 Å². The minimum atomic E-state index is -0.309. The van der Waals surface area contributed by atoms with Crippen LogP contribution >= 0.6 is 11.3 Å². The third kappa shape index (κ3) is 4.79. The van der Waals surface area contributed by atoms with Crippen LogP contribution in [0.4, 0.5) is 5.82 Å². The van der Waals surface area contributed by atoms with Gasteiger partial charge in [0, 0.05) is 43.9 Å². The summed E-state index contributed by atoms with van der Waals surface area (Å²) < 4.78 is 4.89. The van der Waals surface area contributed by atoms with Crippen molar-refractivity contribution in [3.63, 3.8) is 0 Å². The molecule has 0 fully saturated rings. The Kier molecular flexibility index (Phi) is 6.65. The van der Waals surface area contributed by atoms with E-state index in [1.165, 1.54) is 18.2 Å². The first-order chi connectivity index (χ1) is 15.1. The van der Waals surface area contributed by atoms with Crippen LogP contribution in [0, 0.1) is 0 Å². The molecule has 0 radical (unpaired) electrons. The van der Waals surface area contributed by atoms with Crippen LogP contribution < -0.4 is 11.1 Å². The number of nitrogens with two attached hydrogens (primary N) is 1. The monoisotopic (exact) mass is 436 g/mol. The van der Waals surface area contributed by atoms with Crippen molar-refractivity contribution in [3.8, 4) is 11.1 Å². The van der Waals surface area contributed by atoms with E-state index in [0.717, 1.165) is 60.7 Å². The van der Waals surface area contributed by atoms with Gasteiger partial charge in [-0.3, -0.25) is 0 Å². The summed E-state index contributed by atoms with van der Waals surface area (Å²) in [5, 5.41) is 7.83. The number of hydrogen-bond acceptors (Lipinski definition) is 7. The summed E-state index contributed by atoms with van der Waals surface area (Å²) in [5.74, 6) is 0.602. The third-order valence-electron chi connectivity index (χ3n) is 5.59. The van der Waals surface area contributed by atoms with Gasteiger partial charge in [0.1, 0.15) is 5.82 Å². The number of carbonyl (C=O) groups is 1. The van der Waals surface area contributed by atoms with Gasteiger partial charge < -0.3 is 20.7 Å². The zero-order chi connectivity index (χ0) is 21.8. The van der Waals surface area contributed by atoms with E-state index < -0.39 is 0 Å². The Morgan fingerprint density at radius 1 is 1.26 bits per heavy atom. The molecule has 0 amide bonds. The van der Waals surface area contributed by atoms with Crippen molar-refractivity contribution in [1.29, 1.82) is 0 Å². The summed E-state index contributed by atoms with van der Waals surface area (Å²) in [6, 6.07) is 10.1. The number of fused-ring (bicyclic) bond motifs is 3. The largest absolute Gasteiger partial charge is 0.465 e. The molecular formula is C24H28N4O2S. The maximum Gasteiger partial charge on any atom is 0.337 e. The van der Waals surface area contributed by atoms with Crippen LogP contribution in [-0.2, 0) is 17.6 Å². The lowest BCUT2D eigenvalue weighted by Crippen LogP contribution is -2.30. The van der Waals surface area contributed by atoms with Gasteiger partial charge in [0.05, 0.1) is 12.7 Å². The van der Waals surface area contributed by atoms with Crippen molar-refractivity contribution >= 4 is 23.1 Å². The lowest BCUT2D eigenvalue weighted by Gasteiger charge is -2.18. The molecule has 3 N–H and O–H groups in total. The van der Waals surface area contributed by atoms with Gasteiger partial charge >= 0.3 is 5.97 Å². The second-order valence-electron chi connectivity index (χ2n) is 7.86. The molecule has 0 saturated heterocycles. The Bertz CT molecular complexity index is 1070. The summed E-state index contributed by atoms with van der Waals surface area (Å²) in [4.78, 5) is 19.2. The molecule has 3 aromatic rings. The highest BCUT2D eigenvalue weighted by molar-refractivity contribution is 7.07. The lowest BCUT2D eigenvalue weighted by molar-refractivity contribution is 0.0600. The molecule has 1 aliphatic carbocycles. The number of methoxy groups -OCH3 is 1. The molecule has 0 aliphatic heterocycles. The number of benzene rings is 1. The van der Waals surface area contributed by atoms with E-state index in [4.69, 9.17) is 15.5 Å². The number of hydrogen-bond donors (Lipinski definition) is 2. The van der Waals surface area contributed by atoms with Crippen molar-refractivity contribution in [2.75, 3.05) is 45.7 Å². The molecule has 7 heteroatoms. The molecule has 4 rings (SSSR count). The number of nitrogens with zero attached hydrogens (tertiary/aromatic N) is 2. The molecule has 2 heterocycles. The van der Waals surface area contributed by atoms with E-state index in [1.807, 2.05) is 18.2 Å². The fourth-order valence-electron chi connectivity index (χ4n) is 4.05. The van der Waals surface area contributed by atoms with Gasteiger partial charge in [-0.2, -0.15) is 11.3 Å². The van der Waals surface area contributed by atoms with Crippen molar-refractivity contribution in [2.45, 2.75) is 12.8 Å². The maximum atomic E-state index is 12.0. The number of aromatic nitrogens is 1. The number of anilines is 1. The number of esters is 1. The van der Waals surface area contributed by atoms with Crippen LogP contribution in [0.1, 0.15) is 32.7 Å². The van der Waals surface area contributed by atoms with Gasteiger partial charge in [-0.25, -0.2) is 9.78 Å². The van der Waals surface area contributed by atoms with E-state index in [0.29, 0.717) is 12.1 Å². The number of carbonyl (C=O) groups excluding carboxylic acids is 1. The maximum absolute atomic E-state index is 12.0. The average molecular weight is 437 g/mol. The van der Waals surface area contributed by atoms with Gasteiger partial charge in [0.15, 0.2) is 0 Å². The summed E-state index contributed by atoms with van der Waals surface area (Å²) in [7, 11) is 3.48. The van der Waals surface area contributed by atoms with Crippen LogP contribution in [0.25, 0.3) is 11.1 Å². The van der Waals surface area contributed by atoms with Crippen molar-refractivity contribution < 1.29 is 9.53 Å². The van der Waals surface area contributed by atoms with Crippen LogP contribution in [0.15, 0.2) is 41.1 Å². The molecule has 2 aromatic heterocycles. The molecule has 1 aromatic carbocycles. The number of thiophene rings is 1. The first-order valence-electron chi connectivity index (χ1n) is 10.5. The second-order valence-corrected chi connectivity index (χ2v) is 8.64. The van der Waals surface area contributed by atoms with Crippen molar-refractivity contribution in [3.05, 3.63) is 69.0 Å². The van der Waals surface area contributed by atoms with Crippen LogP contribution in [0.5, 0.6) is 0 Å². The molecular weight excluding hydrogens is 408 g/mol. The molecule has 0 bridgehead atoms. The van der Waals surface area contributed by atoms with Crippen LogP contribution in [0.2, 0.25) is 0 Å². The molecule has 6 nitrogen and oxygen atoms in total. The smallest absolute Gasteiger partial charge is 0.337 e. The average Bonchev–Trinajstić information content (AvgIpc) is 3.40. The third-order valence-corrected chi connectivity index (χ3v) is 6.32. The molecule has 31 heavy (non-hydrogen) atoms. The first-order valence-corrected chi connectivity index (χ1v) is 11.4. The fraction of sp³-hybridized carbons (Fsp3) is 0.333. The standard InChI is InChI=1S/C24H28N4O2S/c1-28(8-6-25)9-7-26-23-22-19(14-20(27-23)11-16-5-10-31-15-16)13-18-12-17(24(29)30-2)3-4-21(18)22/h3-5,10,12,14-15H,6-9,11,13,25H2,1-2H3,(H,26,27). The molecule has 0 saturated carbocycles. The highest BCUT2D eigenvalue weighted by Gasteiger charge is 2.25. The number of pyridine rings is 1. The summed E-state index contributed by atoms with van der Waals surface area (Å²) in [5.41, 5.74) is 13.2. The topological polar surface area (TPSA) is 80.5 Å². The zero-order valence-electron chi connectivity index (χ0n) is 18.0. The molecule has 0 unspecified atom stereocenters. The number of rotatable bonds is 9. The summed E-state index contributed by atoms with van der Waals surface area (Å²) >= 11 is 1.70. The number of likely N-dealkylation sites (N-methyl/N-ethyl adjacent to an activating group) is 1. The molecule has 162 valence electrons. The lowest BCUT2D eigenvalue weighted by atomic mass is 10.0. The summed E-state index contributed by atoms with van der Waals surface area (Å²) in [6.07, 6.45) is 1.60. The van der Waals surface area contributed by atoms with Gasteiger partial charge in [-0.1, -0.05) is 6.07 Å². The Morgan fingerprint density at radius 2 is 2.13 bits per heavy atom. The van der Waals surface area contributed by atoms with Gasteiger partial charge in [-0.05, 0) is 70.7 Å². The van der Waals surface area contributed by atoms with Gasteiger partial charge in [0.2, 0.25) is 0 Å². The van der Waals surface area contributed by atoms with Gasteiger partial charge in [0.25, 0.3) is 0 Å². The molecule has 0 atom stereocenters. The minimum absolute atomic E-state index is 0.309. The highest BCUT2D eigenvalue weighted by atomic mass is 32.1. The quantitative estimate of drug-likeness (QED) is 0.392. The SMILES string of the molecule is COC(=O)c1ccc2c(c1)Cc1cc(Cc3ccsc3)nc(NCCN(C)CCN)c1-2. The normalized spacial score (nSPS) is 12.0. The van der Waals surface area contributed by atoms with Gasteiger partial charge in [-0.15, -0.1) is 0 Å².